The summed E-state index contributed by atoms with van der Waals surface area (Å²) >= 11 is 0. The van der Waals surface area contributed by atoms with Crippen LogP contribution in [0.1, 0.15) is 26.5 Å². The third-order valence-corrected chi connectivity index (χ3v) is 4.98. The minimum absolute atomic E-state index is 0.0114. The van der Waals surface area contributed by atoms with Crippen LogP contribution >= 0.6 is 0 Å². The molecule has 1 fully saturated rings. The number of hydrogen-bond acceptors (Lipinski definition) is 9. The first-order chi connectivity index (χ1) is 15.0. The maximum absolute atomic E-state index is 11.5. The van der Waals surface area contributed by atoms with Crippen molar-refractivity contribution in [3.63, 3.8) is 0 Å². The van der Waals surface area contributed by atoms with Crippen molar-refractivity contribution < 1.29 is 28.5 Å². The fourth-order valence-corrected chi connectivity index (χ4v) is 3.58. The van der Waals surface area contributed by atoms with E-state index in [1.165, 1.54) is 20.2 Å². The van der Waals surface area contributed by atoms with Crippen molar-refractivity contribution in [3.8, 4) is 17.0 Å². The van der Waals surface area contributed by atoms with Crippen molar-refractivity contribution in [1.82, 2.24) is 19.5 Å². The Labute approximate surface area is 178 Å². The van der Waals surface area contributed by atoms with E-state index in [0.29, 0.717) is 23.3 Å². The van der Waals surface area contributed by atoms with Gasteiger partial charge in [-0.1, -0.05) is 0 Å². The molecule has 0 bridgehead atoms. The SMILES string of the molecule is COc1ccc(-c2ncnc3c2ncn3[C@H]2CC(OC(C)=O)[C@@H](COC(C)=O)O2)cc1. The molecule has 3 aromatic rings. The monoisotopic (exact) mass is 426 g/mol. The summed E-state index contributed by atoms with van der Waals surface area (Å²) in [4.78, 5) is 36.0. The highest BCUT2D eigenvalue weighted by Gasteiger charge is 2.40. The summed E-state index contributed by atoms with van der Waals surface area (Å²) in [6, 6.07) is 7.50. The fourth-order valence-electron chi connectivity index (χ4n) is 3.58. The first-order valence-corrected chi connectivity index (χ1v) is 9.74. The van der Waals surface area contributed by atoms with Crippen molar-refractivity contribution in [2.75, 3.05) is 13.7 Å². The Kier molecular flexibility index (Phi) is 5.81. The van der Waals surface area contributed by atoms with Crippen molar-refractivity contribution >= 4 is 23.1 Å². The molecule has 2 aromatic heterocycles. The zero-order valence-electron chi connectivity index (χ0n) is 17.3. The van der Waals surface area contributed by atoms with Crippen LogP contribution in [0.3, 0.4) is 0 Å². The fraction of sp³-hybridized carbons (Fsp3) is 0.381. The van der Waals surface area contributed by atoms with Crippen LogP contribution in [0.4, 0.5) is 0 Å². The smallest absolute Gasteiger partial charge is 0.303 e. The van der Waals surface area contributed by atoms with Crippen molar-refractivity contribution in [3.05, 3.63) is 36.9 Å². The van der Waals surface area contributed by atoms with Crippen molar-refractivity contribution in [2.24, 2.45) is 0 Å². The van der Waals surface area contributed by atoms with Gasteiger partial charge in [0.2, 0.25) is 0 Å². The van der Waals surface area contributed by atoms with E-state index >= 15 is 0 Å². The molecule has 0 saturated carbocycles. The minimum Gasteiger partial charge on any atom is -0.497 e. The lowest BCUT2D eigenvalue weighted by molar-refractivity contribution is -0.155. The second kappa shape index (κ2) is 8.68. The third-order valence-electron chi connectivity index (χ3n) is 4.98. The van der Waals surface area contributed by atoms with Gasteiger partial charge in [-0.2, -0.15) is 0 Å². The van der Waals surface area contributed by atoms with Crippen molar-refractivity contribution in [1.29, 1.82) is 0 Å². The van der Waals surface area contributed by atoms with Crippen LogP contribution in [0.5, 0.6) is 5.75 Å². The summed E-state index contributed by atoms with van der Waals surface area (Å²) in [5.74, 6) is -0.116. The molecule has 3 heterocycles. The van der Waals surface area contributed by atoms with E-state index < -0.39 is 30.4 Å². The summed E-state index contributed by atoms with van der Waals surface area (Å²) in [6.07, 6.45) is 1.83. The molecule has 3 atom stereocenters. The number of nitrogens with zero attached hydrogens (tertiary/aromatic N) is 4. The van der Waals surface area contributed by atoms with Crippen LogP contribution in [-0.4, -0.2) is 57.4 Å². The number of esters is 2. The number of aromatic nitrogens is 4. The summed E-state index contributed by atoms with van der Waals surface area (Å²) in [5.41, 5.74) is 2.75. The van der Waals surface area contributed by atoms with Gasteiger partial charge < -0.3 is 18.9 Å². The van der Waals surface area contributed by atoms with Gasteiger partial charge >= 0.3 is 11.9 Å². The molecule has 31 heavy (non-hydrogen) atoms. The van der Waals surface area contributed by atoms with Crippen LogP contribution in [-0.2, 0) is 23.8 Å². The van der Waals surface area contributed by atoms with Gasteiger partial charge in [-0.25, -0.2) is 15.0 Å². The molecule has 162 valence electrons. The number of methoxy groups -OCH3 is 1. The molecule has 1 aliphatic heterocycles. The van der Waals surface area contributed by atoms with Gasteiger partial charge in [-0.05, 0) is 24.3 Å². The molecule has 10 nitrogen and oxygen atoms in total. The topological polar surface area (TPSA) is 115 Å². The highest BCUT2D eigenvalue weighted by atomic mass is 16.6. The number of carbonyl (C=O) groups is 2. The lowest BCUT2D eigenvalue weighted by atomic mass is 10.1. The van der Waals surface area contributed by atoms with Gasteiger partial charge in [0, 0.05) is 25.8 Å². The zero-order chi connectivity index (χ0) is 22.0. The first-order valence-electron chi connectivity index (χ1n) is 9.74. The molecule has 0 radical (unpaired) electrons. The largest absolute Gasteiger partial charge is 0.497 e. The van der Waals surface area contributed by atoms with E-state index in [2.05, 4.69) is 15.0 Å². The number of imidazole rings is 1. The number of fused-ring (bicyclic) bond motifs is 1. The number of benzene rings is 1. The van der Waals surface area contributed by atoms with E-state index in [1.54, 1.807) is 18.0 Å². The Balaban J connectivity index is 1.63. The molecule has 4 rings (SSSR count). The predicted octanol–water partition coefficient (Wildman–Crippen LogP) is 2.28. The average molecular weight is 426 g/mol. The number of hydrogen-bond donors (Lipinski definition) is 0. The van der Waals surface area contributed by atoms with Gasteiger partial charge in [-0.3, -0.25) is 14.2 Å². The highest BCUT2D eigenvalue weighted by molar-refractivity contribution is 5.87. The molecule has 1 aliphatic rings. The van der Waals surface area contributed by atoms with Crippen LogP contribution in [0.2, 0.25) is 0 Å². The first kappa shape index (κ1) is 20.7. The second-order valence-electron chi connectivity index (χ2n) is 7.09. The summed E-state index contributed by atoms with van der Waals surface area (Å²) in [5, 5.41) is 0. The van der Waals surface area contributed by atoms with E-state index in [1.807, 2.05) is 24.3 Å². The van der Waals surface area contributed by atoms with Crippen LogP contribution in [0, 0.1) is 0 Å². The molecule has 0 aliphatic carbocycles. The Morgan fingerprint density at radius 3 is 2.58 bits per heavy atom. The second-order valence-corrected chi connectivity index (χ2v) is 7.09. The molecular formula is C21H22N4O6. The summed E-state index contributed by atoms with van der Waals surface area (Å²) in [6.45, 7) is 2.63. The zero-order valence-corrected chi connectivity index (χ0v) is 17.3. The van der Waals surface area contributed by atoms with E-state index in [9.17, 15) is 9.59 Å². The van der Waals surface area contributed by atoms with Crippen molar-refractivity contribution in [2.45, 2.75) is 38.7 Å². The van der Waals surface area contributed by atoms with Gasteiger partial charge in [0.1, 0.15) is 48.3 Å². The molecule has 0 N–H and O–H groups in total. The molecule has 1 unspecified atom stereocenters. The Morgan fingerprint density at radius 1 is 1.13 bits per heavy atom. The van der Waals surface area contributed by atoms with Gasteiger partial charge in [0.15, 0.2) is 5.65 Å². The molecular weight excluding hydrogens is 404 g/mol. The van der Waals surface area contributed by atoms with Gasteiger partial charge in [-0.15, -0.1) is 0 Å². The highest BCUT2D eigenvalue weighted by Crippen LogP contribution is 2.34. The standard InChI is InChI=1S/C21H22N4O6/c1-12(26)29-9-17-16(30-13(2)27)8-18(31-17)25-11-24-20-19(22-10-23-21(20)25)14-4-6-15(28-3)7-5-14/h4-7,10-11,16-18H,8-9H2,1-3H3/t16?,17-,18-/m1/s1. The Hall–Kier alpha value is -3.53. The third kappa shape index (κ3) is 4.33. The predicted molar refractivity (Wildman–Crippen MR) is 108 cm³/mol. The maximum atomic E-state index is 11.5. The van der Waals surface area contributed by atoms with Crippen LogP contribution in [0.25, 0.3) is 22.4 Å². The van der Waals surface area contributed by atoms with E-state index in [0.717, 1.165) is 11.3 Å². The number of carbonyl (C=O) groups excluding carboxylic acids is 2. The minimum atomic E-state index is -0.585. The summed E-state index contributed by atoms with van der Waals surface area (Å²) in [7, 11) is 1.61. The normalized spacial score (nSPS) is 20.5. The average Bonchev–Trinajstić information content (AvgIpc) is 3.35. The lowest BCUT2D eigenvalue weighted by Gasteiger charge is -2.17. The molecule has 1 saturated heterocycles. The van der Waals surface area contributed by atoms with E-state index in [-0.39, 0.29) is 6.61 Å². The quantitative estimate of drug-likeness (QED) is 0.548. The van der Waals surface area contributed by atoms with Gasteiger partial charge in [0.25, 0.3) is 0 Å². The Bertz CT molecular complexity index is 1100. The molecule has 0 spiro atoms. The summed E-state index contributed by atoms with van der Waals surface area (Å²) < 4.78 is 23.5. The molecule has 0 amide bonds. The molecule has 10 heteroatoms. The van der Waals surface area contributed by atoms with Crippen LogP contribution < -0.4 is 4.74 Å². The maximum Gasteiger partial charge on any atom is 0.303 e. The number of ether oxygens (including phenoxy) is 4. The van der Waals surface area contributed by atoms with Crippen LogP contribution in [0.15, 0.2) is 36.9 Å². The van der Waals surface area contributed by atoms with Gasteiger partial charge in [0.05, 0.1) is 13.4 Å². The molecule has 1 aromatic carbocycles. The lowest BCUT2D eigenvalue weighted by Crippen LogP contribution is -2.31. The Morgan fingerprint density at radius 2 is 1.90 bits per heavy atom. The van der Waals surface area contributed by atoms with E-state index in [4.69, 9.17) is 18.9 Å². The number of rotatable bonds is 6.